The average molecular weight is 286 g/mol. The Kier molecular flexibility index (Phi) is 7.87. The molecule has 0 aromatic carbocycles. The van der Waals surface area contributed by atoms with E-state index in [1.165, 1.54) is 4.90 Å². The lowest BCUT2D eigenvalue weighted by molar-refractivity contribution is -0.149. The number of nitrogens with zero attached hydrogens (tertiary/aromatic N) is 1. The summed E-state index contributed by atoms with van der Waals surface area (Å²) in [6.07, 6.45) is 1.98. The minimum absolute atomic E-state index is 0.0141. The molecule has 0 atom stereocenters. The molecule has 0 aromatic rings. The first-order valence-electron chi connectivity index (χ1n) is 6.99. The molecule has 0 aliphatic heterocycles. The van der Waals surface area contributed by atoms with Crippen molar-refractivity contribution < 1.29 is 19.5 Å². The first-order valence-corrected chi connectivity index (χ1v) is 6.99. The van der Waals surface area contributed by atoms with Gasteiger partial charge in [0.1, 0.15) is 0 Å². The monoisotopic (exact) mass is 286 g/mol. The van der Waals surface area contributed by atoms with Crippen molar-refractivity contribution in [1.82, 2.24) is 10.2 Å². The molecule has 0 aromatic heterocycles. The predicted octanol–water partition coefficient (Wildman–Crippen LogP) is 1.25. The van der Waals surface area contributed by atoms with E-state index in [1.807, 2.05) is 0 Å². The van der Waals surface area contributed by atoms with Gasteiger partial charge in [0.15, 0.2) is 0 Å². The molecule has 116 valence electrons. The topological polar surface area (TPSA) is 86.7 Å². The quantitative estimate of drug-likeness (QED) is 0.668. The number of rotatable bonds is 9. The molecule has 6 heteroatoms. The van der Waals surface area contributed by atoms with E-state index in [2.05, 4.69) is 5.32 Å². The maximum absolute atomic E-state index is 11.7. The van der Waals surface area contributed by atoms with Gasteiger partial charge in [-0.2, -0.15) is 0 Å². The van der Waals surface area contributed by atoms with E-state index in [-0.39, 0.29) is 24.8 Å². The summed E-state index contributed by atoms with van der Waals surface area (Å²) in [6, 6.07) is 0. The number of aliphatic carboxylic acids is 1. The number of nitrogens with one attached hydrogen (secondary N) is 1. The molecular weight excluding hydrogens is 260 g/mol. The van der Waals surface area contributed by atoms with Crippen LogP contribution in [0.3, 0.4) is 0 Å². The van der Waals surface area contributed by atoms with E-state index in [0.717, 1.165) is 0 Å². The maximum Gasteiger partial charge on any atom is 0.311 e. The Hall–Kier alpha value is -1.59. The summed E-state index contributed by atoms with van der Waals surface area (Å²) < 4.78 is 0. The van der Waals surface area contributed by atoms with Crippen LogP contribution in [0.1, 0.15) is 46.0 Å². The molecule has 2 N–H and O–H groups in total. The first kappa shape index (κ1) is 18.4. The Labute approximate surface area is 120 Å². The van der Waals surface area contributed by atoms with Crippen molar-refractivity contribution in [1.29, 1.82) is 0 Å². The van der Waals surface area contributed by atoms with Gasteiger partial charge in [0.05, 0.1) is 5.41 Å². The van der Waals surface area contributed by atoms with Crippen LogP contribution >= 0.6 is 0 Å². The smallest absolute Gasteiger partial charge is 0.311 e. The summed E-state index contributed by atoms with van der Waals surface area (Å²) >= 11 is 0. The summed E-state index contributed by atoms with van der Waals surface area (Å²) in [5, 5.41) is 11.9. The van der Waals surface area contributed by atoms with E-state index < -0.39 is 11.4 Å². The van der Waals surface area contributed by atoms with Crippen LogP contribution in [0.5, 0.6) is 0 Å². The molecule has 0 bridgehead atoms. The number of carboxylic acid groups (broad SMARTS) is 1. The van der Waals surface area contributed by atoms with Gasteiger partial charge in [-0.05, 0) is 19.3 Å². The molecular formula is C14H26N2O4. The fraction of sp³-hybridized carbons (Fsp3) is 0.786. The number of carbonyl (C=O) groups is 3. The van der Waals surface area contributed by atoms with Crippen LogP contribution in [-0.4, -0.2) is 48.4 Å². The van der Waals surface area contributed by atoms with Crippen molar-refractivity contribution in [2.24, 2.45) is 5.41 Å². The third-order valence-electron chi connectivity index (χ3n) is 3.72. The average Bonchev–Trinajstić information content (AvgIpc) is 2.39. The van der Waals surface area contributed by atoms with Gasteiger partial charge >= 0.3 is 5.97 Å². The third kappa shape index (κ3) is 5.59. The number of hydrogen-bond acceptors (Lipinski definition) is 3. The molecule has 0 rings (SSSR count). The highest BCUT2D eigenvalue weighted by Gasteiger charge is 2.34. The fourth-order valence-electron chi connectivity index (χ4n) is 1.86. The second kappa shape index (κ2) is 8.55. The predicted molar refractivity (Wildman–Crippen MR) is 76.2 cm³/mol. The molecule has 0 spiro atoms. The van der Waals surface area contributed by atoms with Crippen molar-refractivity contribution in [3.63, 3.8) is 0 Å². The zero-order valence-corrected chi connectivity index (χ0v) is 12.9. The molecule has 0 aliphatic carbocycles. The Bertz CT molecular complexity index is 349. The van der Waals surface area contributed by atoms with Crippen molar-refractivity contribution in [2.45, 2.75) is 46.0 Å². The summed E-state index contributed by atoms with van der Waals surface area (Å²) in [5.74, 6) is -1.10. The second-order valence-corrected chi connectivity index (χ2v) is 5.21. The molecule has 0 fully saturated rings. The van der Waals surface area contributed by atoms with Gasteiger partial charge < -0.3 is 15.3 Å². The number of carbonyl (C=O) groups excluding carboxylic acids is 2. The molecule has 0 radical (unpaired) electrons. The number of carboxylic acids is 1. The Balaban J connectivity index is 4.16. The minimum Gasteiger partial charge on any atom is -0.481 e. The van der Waals surface area contributed by atoms with Gasteiger partial charge in [0.25, 0.3) is 0 Å². The number of amides is 2. The van der Waals surface area contributed by atoms with Crippen LogP contribution in [0.25, 0.3) is 0 Å². The molecule has 0 saturated heterocycles. The molecule has 6 nitrogen and oxygen atoms in total. The molecule has 0 heterocycles. The Morgan fingerprint density at radius 2 is 1.65 bits per heavy atom. The summed E-state index contributed by atoms with van der Waals surface area (Å²) in [7, 11) is 3.35. The van der Waals surface area contributed by atoms with E-state index >= 15 is 0 Å². The van der Waals surface area contributed by atoms with Crippen LogP contribution in [0.2, 0.25) is 0 Å². The van der Waals surface area contributed by atoms with Gasteiger partial charge in [0.2, 0.25) is 11.8 Å². The molecule has 0 saturated carbocycles. The minimum atomic E-state index is -0.894. The summed E-state index contributed by atoms with van der Waals surface area (Å²) in [6.45, 7) is 3.74. The lowest BCUT2D eigenvalue weighted by Gasteiger charge is -2.26. The van der Waals surface area contributed by atoms with Crippen molar-refractivity contribution in [2.75, 3.05) is 20.6 Å². The van der Waals surface area contributed by atoms with Crippen molar-refractivity contribution in [3.05, 3.63) is 0 Å². The molecule has 2 amide bonds. The van der Waals surface area contributed by atoms with Crippen LogP contribution in [0, 0.1) is 5.41 Å². The summed E-state index contributed by atoms with van der Waals surface area (Å²) in [4.78, 5) is 35.8. The highest BCUT2D eigenvalue weighted by Crippen LogP contribution is 2.25. The van der Waals surface area contributed by atoms with Gasteiger partial charge in [-0.15, -0.1) is 0 Å². The SMILES string of the molecule is CCC(CC)(CNC(=O)CCCC(=O)N(C)C)C(=O)O. The zero-order chi connectivity index (χ0) is 15.8. The van der Waals surface area contributed by atoms with E-state index in [0.29, 0.717) is 25.7 Å². The number of hydrogen-bond donors (Lipinski definition) is 2. The van der Waals surface area contributed by atoms with E-state index in [1.54, 1.807) is 27.9 Å². The van der Waals surface area contributed by atoms with E-state index in [4.69, 9.17) is 0 Å². The standard InChI is InChI=1S/C14H26N2O4/c1-5-14(6-2,13(19)20)10-15-11(17)8-7-9-12(18)16(3)4/h5-10H2,1-4H3,(H,15,17)(H,19,20). The van der Waals surface area contributed by atoms with Crippen LogP contribution < -0.4 is 5.32 Å². The van der Waals surface area contributed by atoms with Crippen LogP contribution in [-0.2, 0) is 14.4 Å². The largest absolute Gasteiger partial charge is 0.481 e. The summed E-state index contributed by atoms with van der Waals surface area (Å²) in [5.41, 5.74) is -0.894. The second-order valence-electron chi connectivity index (χ2n) is 5.21. The highest BCUT2D eigenvalue weighted by atomic mass is 16.4. The highest BCUT2D eigenvalue weighted by molar-refractivity contribution is 5.80. The van der Waals surface area contributed by atoms with Crippen molar-refractivity contribution in [3.8, 4) is 0 Å². The van der Waals surface area contributed by atoms with Gasteiger partial charge in [0, 0.05) is 33.5 Å². The fourth-order valence-corrected chi connectivity index (χ4v) is 1.86. The lowest BCUT2D eigenvalue weighted by atomic mass is 9.82. The van der Waals surface area contributed by atoms with E-state index in [9.17, 15) is 19.5 Å². The lowest BCUT2D eigenvalue weighted by Crippen LogP contribution is -2.42. The normalized spacial score (nSPS) is 11.0. The van der Waals surface area contributed by atoms with Gasteiger partial charge in [-0.3, -0.25) is 14.4 Å². The first-order chi connectivity index (χ1) is 9.29. The maximum atomic E-state index is 11.7. The van der Waals surface area contributed by atoms with Crippen LogP contribution in [0.15, 0.2) is 0 Å². The van der Waals surface area contributed by atoms with Gasteiger partial charge in [-0.25, -0.2) is 0 Å². The Morgan fingerprint density at radius 3 is 2.05 bits per heavy atom. The Morgan fingerprint density at radius 1 is 1.10 bits per heavy atom. The van der Waals surface area contributed by atoms with Crippen molar-refractivity contribution >= 4 is 17.8 Å². The molecule has 0 unspecified atom stereocenters. The van der Waals surface area contributed by atoms with Crippen LogP contribution in [0.4, 0.5) is 0 Å². The molecule has 20 heavy (non-hydrogen) atoms. The van der Waals surface area contributed by atoms with Gasteiger partial charge in [-0.1, -0.05) is 13.8 Å². The zero-order valence-electron chi connectivity index (χ0n) is 12.9. The third-order valence-corrected chi connectivity index (χ3v) is 3.72. The molecule has 0 aliphatic rings.